The van der Waals surface area contributed by atoms with Gasteiger partial charge in [-0.15, -0.1) is 0 Å². The zero-order valence-corrected chi connectivity index (χ0v) is 13.0. The van der Waals surface area contributed by atoms with Gasteiger partial charge in [-0.2, -0.15) is 0 Å². The van der Waals surface area contributed by atoms with Gasteiger partial charge in [0.15, 0.2) is 0 Å². The van der Waals surface area contributed by atoms with Crippen molar-refractivity contribution in [3.63, 3.8) is 0 Å². The number of carbonyl (C=O) groups excluding carboxylic acids is 1. The third-order valence-electron chi connectivity index (χ3n) is 4.26. The highest BCUT2D eigenvalue weighted by Crippen LogP contribution is 2.27. The van der Waals surface area contributed by atoms with Crippen molar-refractivity contribution in [3.05, 3.63) is 40.4 Å². The second-order valence-electron chi connectivity index (χ2n) is 5.64. The standard InChI is InChI=1S/C16H19BrN2O/c17-14-3-1-2-12(10-14)4-5-16(20)18-15-11-19-8-6-13(15)7-9-19/h1-5,10,13,15H,6-9,11H2,(H,18,20). The molecule has 1 aromatic carbocycles. The molecule has 0 spiro atoms. The van der Waals surface area contributed by atoms with Crippen LogP contribution in [0.4, 0.5) is 0 Å². The molecule has 3 nitrogen and oxygen atoms in total. The van der Waals surface area contributed by atoms with Crippen LogP contribution in [0.3, 0.4) is 0 Å². The summed E-state index contributed by atoms with van der Waals surface area (Å²) in [5, 5.41) is 3.16. The zero-order valence-electron chi connectivity index (χ0n) is 11.4. The lowest BCUT2D eigenvalue weighted by Gasteiger charge is -2.44. The molecule has 3 heterocycles. The number of nitrogens with one attached hydrogen (secondary N) is 1. The van der Waals surface area contributed by atoms with E-state index in [0.717, 1.165) is 16.6 Å². The fourth-order valence-electron chi connectivity index (χ4n) is 3.14. The maximum atomic E-state index is 12.0. The summed E-state index contributed by atoms with van der Waals surface area (Å²) in [6, 6.07) is 8.26. The van der Waals surface area contributed by atoms with Crippen LogP contribution in [-0.2, 0) is 4.79 Å². The van der Waals surface area contributed by atoms with Gasteiger partial charge in [-0.3, -0.25) is 4.79 Å². The third kappa shape index (κ3) is 3.30. The molecule has 1 aromatic rings. The first-order valence-corrected chi connectivity index (χ1v) is 7.96. The second kappa shape index (κ2) is 6.10. The van der Waals surface area contributed by atoms with Crippen LogP contribution in [-0.4, -0.2) is 36.5 Å². The van der Waals surface area contributed by atoms with E-state index in [4.69, 9.17) is 0 Å². The van der Waals surface area contributed by atoms with Crippen LogP contribution in [0.2, 0.25) is 0 Å². The predicted molar refractivity (Wildman–Crippen MR) is 84.3 cm³/mol. The van der Waals surface area contributed by atoms with Crippen molar-refractivity contribution in [2.24, 2.45) is 5.92 Å². The Balaban J connectivity index is 1.57. The molecule has 0 aliphatic carbocycles. The van der Waals surface area contributed by atoms with E-state index in [0.29, 0.717) is 12.0 Å². The van der Waals surface area contributed by atoms with E-state index >= 15 is 0 Å². The Kier molecular flexibility index (Phi) is 4.22. The maximum Gasteiger partial charge on any atom is 0.244 e. The number of hydrogen-bond acceptors (Lipinski definition) is 2. The molecule has 3 aliphatic heterocycles. The first kappa shape index (κ1) is 13.8. The molecule has 0 saturated carbocycles. The Morgan fingerprint density at radius 1 is 1.35 bits per heavy atom. The van der Waals surface area contributed by atoms with Crippen molar-refractivity contribution < 1.29 is 4.79 Å². The molecule has 1 N–H and O–H groups in total. The highest BCUT2D eigenvalue weighted by molar-refractivity contribution is 9.10. The Morgan fingerprint density at radius 3 is 2.80 bits per heavy atom. The fraction of sp³-hybridized carbons (Fsp3) is 0.438. The lowest BCUT2D eigenvalue weighted by atomic mass is 9.84. The number of benzene rings is 1. The SMILES string of the molecule is O=C(C=Cc1cccc(Br)c1)NC1CN2CCC1CC2. The smallest absolute Gasteiger partial charge is 0.244 e. The summed E-state index contributed by atoms with van der Waals surface area (Å²) in [4.78, 5) is 14.5. The van der Waals surface area contributed by atoms with Crippen LogP contribution in [0.25, 0.3) is 6.08 Å². The van der Waals surface area contributed by atoms with Crippen LogP contribution in [0.1, 0.15) is 18.4 Å². The fourth-order valence-corrected chi connectivity index (χ4v) is 3.56. The molecule has 20 heavy (non-hydrogen) atoms. The van der Waals surface area contributed by atoms with Gasteiger partial charge in [0, 0.05) is 23.1 Å². The number of rotatable bonds is 3. The van der Waals surface area contributed by atoms with Crippen LogP contribution >= 0.6 is 15.9 Å². The molecule has 106 valence electrons. The molecule has 0 radical (unpaired) electrons. The molecular formula is C16H19BrN2O. The van der Waals surface area contributed by atoms with Crippen LogP contribution < -0.4 is 5.32 Å². The van der Waals surface area contributed by atoms with Gasteiger partial charge < -0.3 is 10.2 Å². The van der Waals surface area contributed by atoms with E-state index in [1.807, 2.05) is 30.3 Å². The lowest BCUT2D eigenvalue weighted by molar-refractivity contribution is -0.118. The van der Waals surface area contributed by atoms with Gasteiger partial charge in [0.05, 0.1) is 0 Å². The van der Waals surface area contributed by atoms with Crippen molar-refractivity contribution in [1.29, 1.82) is 0 Å². The highest BCUT2D eigenvalue weighted by atomic mass is 79.9. The average molecular weight is 335 g/mol. The van der Waals surface area contributed by atoms with Gasteiger partial charge in [-0.05, 0) is 55.6 Å². The first-order valence-electron chi connectivity index (χ1n) is 7.17. The van der Waals surface area contributed by atoms with E-state index < -0.39 is 0 Å². The van der Waals surface area contributed by atoms with Gasteiger partial charge >= 0.3 is 0 Å². The van der Waals surface area contributed by atoms with Gasteiger partial charge in [-0.25, -0.2) is 0 Å². The third-order valence-corrected chi connectivity index (χ3v) is 4.75. The van der Waals surface area contributed by atoms with Crippen molar-refractivity contribution in [1.82, 2.24) is 10.2 Å². The largest absolute Gasteiger partial charge is 0.348 e. The number of nitrogens with zero attached hydrogens (tertiary/aromatic N) is 1. The van der Waals surface area contributed by atoms with E-state index in [1.165, 1.54) is 25.9 Å². The molecule has 4 rings (SSSR count). The van der Waals surface area contributed by atoms with E-state index in [1.54, 1.807) is 6.08 Å². The molecule has 2 bridgehead atoms. The van der Waals surface area contributed by atoms with Gasteiger partial charge in [-0.1, -0.05) is 28.1 Å². The molecule has 3 saturated heterocycles. The summed E-state index contributed by atoms with van der Waals surface area (Å²) >= 11 is 3.43. The predicted octanol–water partition coefficient (Wildman–Crippen LogP) is 2.67. The van der Waals surface area contributed by atoms with Crippen LogP contribution in [0, 0.1) is 5.92 Å². The van der Waals surface area contributed by atoms with Crippen molar-refractivity contribution in [2.45, 2.75) is 18.9 Å². The van der Waals surface area contributed by atoms with E-state index in [2.05, 4.69) is 26.1 Å². The van der Waals surface area contributed by atoms with Gasteiger partial charge in [0.2, 0.25) is 5.91 Å². The molecule has 1 unspecified atom stereocenters. The molecule has 3 fully saturated rings. The summed E-state index contributed by atoms with van der Waals surface area (Å²) in [6.07, 6.45) is 5.95. The Morgan fingerprint density at radius 2 is 2.15 bits per heavy atom. The number of piperidine rings is 3. The molecule has 4 heteroatoms. The molecular weight excluding hydrogens is 316 g/mol. The Labute approximate surface area is 128 Å². The lowest BCUT2D eigenvalue weighted by Crippen LogP contribution is -2.57. The minimum Gasteiger partial charge on any atom is -0.348 e. The van der Waals surface area contributed by atoms with Crippen molar-refractivity contribution >= 4 is 27.9 Å². The minimum atomic E-state index is 0.0173. The monoisotopic (exact) mass is 334 g/mol. The number of halogens is 1. The molecule has 1 atom stereocenters. The molecule has 3 aliphatic rings. The summed E-state index contributed by atoms with van der Waals surface area (Å²) in [5.41, 5.74) is 1.03. The van der Waals surface area contributed by atoms with Crippen LogP contribution in [0.15, 0.2) is 34.8 Å². The summed E-state index contributed by atoms with van der Waals surface area (Å²) in [7, 11) is 0. The quantitative estimate of drug-likeness (QED) is 0.862. The maximum absolute atomic E-state index is 12.0. The second-order valence-corrected chi connectivity index (χ2v) is 6.56. The van der Waals surface area contributed by atoms with Gasteiger partial charge in [0.1, 0.15) is 0 Å². The molecule has 1 amide bonds. The van der Waals surface area contributed by atoms with Gasteiger partial charge in [0.25, 0.3) is 0 Å². The topological polar surface area (TPSA) is 32.3 Å². The molecule has 0 aromatic heterocycles. The van der Waals surface area contributed by atoms with Crippen molar-refractivity contribution in [2.75, 3.05) is 19.6 Å². The zero-order chi connectivity index (χ0) is 13.9. The number of carbonyl (C=O) groups is 1. The average Bonchev–Trinajstić information content (AvgIpc) is 2.46. The highest BCUT2D eigenvalue weighted by Gasteiger charge is 2.34. The van der Waals surface area contributed by atoms with E-state index in [-0.39, 0.29) is 5.91 Å². The minimum absolute atomic E-state index is 0.0173. The Bertz CT molecular complexity index is 521. The van der Waals surface area contributed by atoms with E-state index in [9.17, 15) is 4.79 Å². The number of hydrogen-bond donors (Lipinski definition) is 1. The number of fused-ring (bicyclic) bond motifs is 3. The van der Waals surface area contributed by atoms with Crippen LogP contribution in [0.5, 0.6) is 0 Å². The van der Waals surface area contributed by atoms with Crippen molar-refractivity contribution in [3.8, 4) is 0 Å². The number of amides is 1. The first-order chi connectivity index (χ1) is 9.70. The normalized spacial score (nSPS) is 28.8. The summed E-state index contributed by atoms with van der Waals surface area (Å²) < 4.78 is 1.03. The summed E-state index contributed by atoms with van der Waals surface area (Å²) in [6.45, 7) is 3.41. The Hall–Kier alpha value is -1.13. The summed E-state index contributed by atoms with van der Waals surface area (Å²) in [5.74, 6) is 0.687.